The second kappa shape index (κ2) is 4.98. The second-order valence-electron chi connectivity index (χ2n) is 2.15. The predicted molar refractivity (Wildman–Crippen MR) is 42.9 cm³/mol. The molecule has 0 saturated heterocycles. The van der Waals surface area contributed by atoms with E-state index in [0.717, 1.165) is 0 Å². The lowest BCUT2D eigenvalue weighted by Crippen LogP contribution is -1.70. The van der Waals surface area contributed by atoms with Crippen molar-refractivity contribution in [3.05, 3.63) is 35.4 Å². The van der Waals surface area contributed by atoms with Crippen LogP contribution in [0.1, 0.15) is 11.1 Å². The smallest absolute Gasteiger partial charge is 0.0785 e. The maximum atomic E-state index is 9.50. The highest BCUT2D eigenvalue weighted by Crippen LogP contribution is 1.99. The summed E-state index contributed by atoms with van der Waals surface area (Å²) in [6.07, 6.45) is 0. The quantitative estimate of drug-likeness (QED) is 0.519. The zero-order valence-corrected chi connectivity index (χ0v) is 6.69. The molecule has 10 heavy (non-hydrogen) atoms. The Morgan fingerprint density at radius 1 is 0.800 bits per heavy atom. The maximum absolute atomic E-state index is 9.50. The average Bonchev–Trinajstić information content (AvgIpc) is 2.00. The lowest BCUT2D eigenvalue weighted by atomic mass is 10.2. The van der Waals surface area contributed by atoms with Gasteiger partial charge in [-0.3, -0.25) is 4.39 Å². The monoisotopic (exact) mass is 140 g/mol. The van der Waals surface area contributed by atoms with Gasteiger partial charge >= 0.3 is 0 Å². The average molecular weight is 140 g/mol. The summed E-state index contributed by atoms with van der Waals surface area (Å²) in [6.45, 7) is 4.19. The van der Waals surface area contributed by atoms with Crippen molar-refractivity contribution < 1.29 is 4.39 Å². The first kappa shape index (κ1) is 9.15. The molecule has 0 N–H and O–H groups in total. The van der Waals surface area contributed by atoms with Crippen LogP contribution >= 0.6 is 0 Å². The van der Waals surface area contributed by atoms with Crippen molar-refractivity contribution in [2.45, 2.75) is 13.8 Å². The molecule has 0 saturated carbocycles. The molecule has 1 aromatic rings. The number of hydrogen-bond donors (Lipinski definition) is 0. The number of hydrogen-bond acceptors (Lipinski definition) is 0. The number of rotatable bonds is 0. The van der Waals surface area contributed by atoms with Crippen LogP contribution in [0, 0.1) is 13.8 Å². The highest BCUT2D eigenvalue weighted by atomic mass is 19.1. The normalized spacial score (nSPS) is 8.00. The second-order valence-corrected chi connectivity index (χ2v) is 2.15. The topological polar surface area (TPSA) is 0 Å². The van der Waals surface area contributed by atoms with Crippen LogP contribution < -0.4 is 0 Å². The summed E-state index contributed by atoms with van der Waals surface area (Å²) in [5.41, 5.74) is 2.66. The first-order valence-corrected chi connectivity index (χ1v) is 3.20. The zero-order valence-electron chi connectivity index (χ0n) is 6.69. The van der Waals surface area contributed by atoms with Crippen LogP contribution in [0.25, 0.3) is 0 Å². The van der Waals surface area contributed by atoms with Gasteiger partial charge in [0.25, 0.3) is 0 Å². The lowest BCUT2D eigenvalue weighted by Gasteiger charge is -1.90. The molecule has 1 rings (SSSR count). The van der Waals surface area contributed by atoms with E-state index < -0.39 is 0 Å². The first-order chi connectivity index (χ1) is 4.79. The van der Waals surface area contributed by atoms with Crippen molar-refractivity contribution in [2.24, 2.45) is 0 Å². The molecule has 0 nitrogen and oxygen atoms in total. The largest absolute Gasteiger partial charge is 0.255 e. The minimum absolute atomic E-state index is 0.500. The molecular formula is C9H13F. The molecule has 0 aliphatic heterocycles. The maximum Gasteiger partial charge on any atom is 0.0785 e. The van der Waals surface area contributed by atoms with Crippen LogP contribution in [-0.2, 0) is 0 Å². The Labute approximate surface area is 61.7 Å². The molecule has 0 aliphatic rings. The number of benzene rings is 1. The van der Waals surface area contributed by atoms with Gasteiger partial charge in [-0.25, -0.2) is 0 Å². The molecule has 0 spiro atoms. The fourth-order valence-electron chi connectivity index (χ4n) is 0.637. The predicted octanol–water partition coefficient (Wildman–Crippen LogP) is 2.89. The van der Waals surface area contributed by atoms with Gasteiger partial charge in [0.05, 0.1) is 7.18 Å². The summed E-state index contributed by atoms with van der Waals surface area (Å²) < 4.78 is 9.50. The van der Waals surface area contributed by atoms with E-state index in [1.807, 2.05) is 0 Å². The van der Waals surface area contributed by atoms with E-state index in [2.05, 4.69) is 38.1 Å². The Balaban J connectivity index is 0.000000371. The first-order valence-electron chi connectivity index (χ1n) is 3.20. The van der Waals surface area contributed by atoms with Crippen molar-refractivity contribution in [2.75, 3.05) is 7.18 Å². The van der Waals surface area contributed by atoms with Gasteiger partial charge in [0.1, 0.15) is 0 Å². The van der Waals surface area contributed by atoms with E-state index in [4.69, 9.17) is 0 Å². The van der Waals surface area contributed by atoms with Gasteiger partial charge in [0.15, 0.2) is 0 Å². The molecule has 0 heterocycles. The van der Waals surface area contributed by atoms with Crippen LogP contribution in [0.15, 0.2) is 24.3 Å². The summed E-state index contributed by atoms with van der Waals surface area (Å²) in [5.74, 6) is 0. The molecule has 0 radical (unpaired) electrons. The van der Waals surface area contributed by atoms with Crippen molar-refractivity contribution in [1.82, 2.24) is 0 Å². The van der Waals surface area contributed by atoms with Crippen molar-refractivity contribution in [3.8, 4) is 0 Å². The molecule has 0 fully saturated rings. The molecule has 0 bridgehead atoms. The molecule has 56 valence electrons. The van der Waals surface area contributed by atoms with Gasteiger partial charge in [-0.2, -0.15) is 0 Å². The third kappa shape index (κ3) is 3.23. The van der Waals surface area contributed by atoms with E-state index in [-0.39, 0.29) is 0 Å². The lowest BCUT2D eigenvalue weighted by molar-refractivity contribution is 0.636. The Bertz CT molecular complexity index is 144. The SMILES string of the molecule is CF.Cc1ccc(C)cc1. The standard InChI is InChI=1S/C8H10.CH3F/c1-7-3-5-8(2)6-4-7;1-2/h3-6H,1-2H3;1H3. The van der Waals surface area contributed by atoms with Crippen LogP contribution in [0.2, 0.25) is 0 Å². The molecule has 1 aromatic carbocycles. The van der Waals surface area contributed by atoms with Crippen molar-refractivity contribution >= 4 is 0 Å². The third-order valence-electron chi connectivity index (χ3n) is 1.22. The molecule has 0 aliphatic carbocycles. The van der Waals surface area contributed by atoms with Crippen LogP contribution in [-0.4, -0.2) is 7.18 Å². The molecule has 0 aromatic heterocycles. The summed E-state index contributed by atoms with van der Waals surface area (Å²) >= 11 is 0. The zero-order chi connectivity index (χ0) is 7.98. The van der Waals surface area contributed by atoms with Crippen molar-refractivity contribution in [3.63, 3.8) is 0 Å². The third-order valence-corrected chi connectivity index (χ3v) is 1.22. The van der Waals surface area contributed by atoms with E-state index in [9.17, 15) is 4.39 Å². The van der Waals surface area contributed by atoms with Crippen LogP contribution in [0.5, 0.6) is 0 Å². The van der Waals surface area contributed by atoms with Crippen molar-refractivity contribution in [1.29, 1.82) is 0 Å². The van der Waals surface area contributed by atoms with Gasteiger partial charge < -0.3 is 0 Å². The number of alkyl halides is 1. The summed E-state index contributed by atoms with van der Waals surface area (Å²) in [7, 11) is 0.500. The molecular weight excluding hydrogens is 127 g/mol. The Morgan fingerprint density at radius 2 is 1.00 bits per heavy atom. The van der Waals surface area contributed by atoms with E-state index >= 15 is 0 Å². The summed E-state index contributed by atoms with van der Waals surface area (Å²) in [5, 5.41) is 0. The minimum Gasteiger partial charge on any atom is -0.255 e. The number of aryl methyl sites for hydroxylation is 2. The van der Waals surface area contributed by atoms with Crippen LogP contribution in [0.4, 0.5) is 4.39 Å². The van der Waals surface area contributed by atoms with E-state index in [0.29, 0.717) is 7.18 Å². The van der Waals surface area contributed by atoms with Gasteiger partial charge in [-0.05, 0) is 13.8 Å². The fourth-order valence-corrected chi connectivity index (χ4v) is 0.637. The molecule has 1 heteroatoms. The molecule has 0 unspecified atom stereocenters. The Kier molecular flexibility index (Phi) is 4.55. The van der Waals surface area contributed by atoms with Gasteiger partial charge in [-0.1, -0.05) is 35.4 Å². The summed E-state index contributed by atoms with van der Waals surface area (Å²) in [6, 6.07) is 8.48. The highest BCUT2D eigenvalue weighted by Gasteiger charge is 1.79. The van der Waals surface area contributed by atoms with E-state index in [1.54, 1.807) is 0 Å². The van der Waals surface area contributed by atoms with Gasteiger partial charge in [0, 0.05) is 0 Å². The van der Waals surface area contributed by atoms with Crippen LogP contribution in [0.3, 0.4) is 0 Å². The van der Waals surface area contributed by atoms with E-state index in [1.165, 1.54) is 11.1 Å². The molecule has 0 atom stereocenters. The van der Waals surface area contributed by atoms with Gasteiger partial charge in [-0.15, -0.1) is 0 Å². The summed E-state index contributed by atoms with van der Waals surface area (Å²) in [4.78, 5) is 0. The minimum atomic E-state index is 0.500. The highest BCUT2D eigenvalue weighted by molar-refractivity contribution is 5.19. The Hall–Kier alpha value is -0.850. The number of halogens is 1. The molecule has 0 amide bonds. The Morgan fingerprint density at radius 3 is 1.20 bits per heavy atom. The fraction of sp³-hybridized carbons (Fsp3) is 0.333. The van der Waals surface area contributed by atoms with Gasteiger partial charge in [0.2, 0.25) is 0 Å².